The van der Waals surface area contributed by atoms with E-state index in [1.165, 1.54) is 0 Å². The Morgan fingerprint density at radius 3 is 2.14 bits per heavy atom. The molecule has 0 aromatic rings. The molecule has 0 spiro atoms. The van der Waals surface area contributed by atoms with Crippen LogP contribution in [0.15, 0.2) is 0 Å². The molecular weight excluding hydrogens is 232 g/mol. The molecule has 8 nitrogen and oxygen atoms in total. The number of nitrogens with one attached hydrogen (secondary N) is 2. The van der Waals surface area contributed by atoms with Gasteiger partial charge >= 0.3 is 10.4 Å². The van der Waals surface area contributed by atoms with Crippen molar-refractivity contribution in [2.24, 2.45) is 11.5 Å². The highest BCUT2D eigenvalue weighted by Gasteiger charge is 2.16. The fraction of sp³-hybridized carbons (Fsp3) is 0.750. The number of thiocarbonyl (C=S) groups is 1. The van der Waals surface area contributed by atoms with Crippen LogP contribution < -0.4 is 22.1 Å². The third-order valence-corrected chi connectivity index (χ3v) is 1.40. The molecule has 1 fully saturated rings. The van der Waals surface area contributed by atoms with E-state index >= 15 is 0 Å². The summed E-state index contributed by atoms with van der Waals surface area (Å²) in [7, 11) is -4.67. The van der Waals surface area contributed by atoms with Crippen LogP contribution in [0.1, 0.15) is 6.42 Å². The van der Waals surface area contributed by atoms with Crippen molar-refractivity contribution >= 4 is 27.6 Å². The molecule has 0 amide bonds. The maximum Gasteiger partial charge on any atom is 0.394 e. The van der Waals surface area contributed by atoms with E-state index in [4.69, 9.17) is 41.2 Å². The fourth-order valence-electron chi connectivity index (χ4n) is 0.763. The number of hydrogen-bond donors (Lipinski definition) is 6. The monoisotopic (exact) mass is 244 g/mol. The lowest BCUT2D eigenvalue weighted by Gasteiger charge is -2.27. The summed E-state index contributed by atoms with van der Waals surface area (Å²) in [6.07, 6.45) is 0.304. The lowest BCUT2D eigenvalue weighted by atomic mass is 10.3. The van der Waals surface area contributed by atoms with E-state index in [1.54, 1.807) is 0 Å². The summed E-state index contributed by atoms with van der Waals surface area (Å²) >= 11 is 4.85. The highest BCUT2D eigenvalue weighted by atomic mass is 32.3. The van der Waals surface area contributed by atoms with Crippen LogP contribution in [0, 0.1) is 0 Å². The highest BCUT2D eigenvalue weighted by Crippen LogP contribution is 1.92. The van der Waals surface area contributed by atoms with Gasteiger partial charge in [0.05, 0.1) is 11.2 Å². The SMILES string of the molecule is NC1CC(=S)NC(N)N1.O=S(=O)(O)O. The van der Waals surface area contributed by atoms with E-state index in [1.807, 2.05) is 0 Å². The van der Waals surface area contributed by atoms with Gasteiger partial charge in [-0.15, -0.1) is 0 Å². The Morgan fingerprint density at radius 1 is 1.43 bits per heavy atom. The van der Waals surface area contributed by atoms with Crippen molar-refractivity contribution in [1.82, 2.24) is 10.6 Å². The van der Waals surface area contributed by atoms with E-state index in [2.05, 4.69) is 10.6 Å². The van der Waals surface area contributed by atoms with Crippen molar-refractivity contribution in [3.05, 3.63) is 0 Å². The van der Waals surface area contributed by atoms with Crippen LogP contribution in [0.3, 0.4) is 0 Å². The first-order chi connectivity index (χ1) is 6.18. The average Bonchev–Trinajstić information content (AvgIpc) is 1.77. The molecule has 1 heterocycles. The molecule has 1 aliphatic heterocycles. The van der Waals surface area contributed by atoms with Crippen LogP contribution in [0.25, 0.3) is 0 Å². The van der Waals surface area contributed by atoms with Gasteiger partial charge in [-0.25, -0.2) is 0 Å². The van der Waals surface area contributed by atoms with Crippen molar-refractivity contribution in [1.29, 1.82) is 0 Å². The molecule has 0 saturated carbocycles. The van der Waals surface area contributed by atoms with Gasteiger partial charge in [0.1, 0.15) is 6.29 Å². The zero-order chi connectivity index (χ0) is 11.4. The summed E-state index contributed by atoms with van der Waals surface area (Å²) < 4.78 is 31.6. The second kappa shape index (κ2) is 5.50. The van der Waals surface area contributed by atoms with E-state index in [-0.39, 0.29) is 12.5 Å². The summed E-state index contributed by atoms with van der Waals surface area (Å²) in [5.74, 6) is 0. The van der Waals surface area contributed by atoms with Crippen molar-refractivity contribution in [3.8, 4) is 0 Å². The van der Waals surface area contributed by atoms with Crippen LogP contribution in [0.2, 0.25) is 0 Å². The van der Waals surface area contributed by atoms with Gasteiger partial charge in [-0.1, -0.05) is 12.2 Å². The smallest absolute Gasteiger partial charge is 0.352 e. The maximum absolute atomic E-state index is 8.74. The minimum atomic E-state index is -4.67. The summed E-state index contributed by atoms with van der Waals surface area (Å²) in [5, 5.41) is 5.69. The van der Waals surface area contributed by atoms with E-state index in [0.717, 1.165) is 4.99 Å². The molecule has 1 rings (SSSR count). The zero-order valence-corrected chi connectivity index (χ0v) is 8.68. The molecular formula is C4H12N4O4S2. The minimum Gasteiger partial charge on any atom is -0.352 e. The number of rotatable bonds is 0. The van der Waals surface area contributed by atoms with Gasteiger partial charge < -0.3 is 11.1 Å². The van der Waals surface area contributed by atoms with Gasteiger partial charge in [0.2, 0.25) is 0 Å². The first-order valence-electron chi connectivity index (χ1n) is 3.45. The van der Waals surface area contributed by atoms with Gasteiger partial charge in [-0.05, 0) is 0 Å². The fourth-order valence-corrected chi connectivity index (χ4v) is 1.07. The standard InChI is InChI=1S/C4H10N4S.H2O4S/c5-2-1-3(9)8-4(6)7-2;1-5(2,3)4/h2,4,7H,1,5-6H2,(H,8,9);(H2,1,2,3,4). The predicted octanol–water partition coefficient (Wildman–Crippen LogP) is -2.23. The third kappa shape index (κ3) is 9.73. The van der Waals surface area contributed by atoms with Crippen LogP contribution >= 0.6 is 12.2 Å². The van der Waals surface area contributed by atoms with Gasteiger partial charge in [-0.3, -0.25) is 20.2 Å². The molecule has 2 atom stereocenters. The zero-order valence-electron chi connectivity index (χ0n) is 7.04. The Labute approximate surface area is 86.6 Å². The summed E-state index contributed by atoms with van der Waals surface area (Å²) in [5.41, 5.74) is 10.9. The normalized spacial score (nSPS) is 27.3. The Hall–Kier alpha value is -0.360. The molecule has 8 N–H and O–H groups in total. The Morgan fingerprint density at radius 2 is 1.86 bits per heavy atom. The van der Waals surface area contributed by atoms with Gasteiger partial charge in [0.15, 0.2) is 0 Å². The van der Waals surface area contributed by atoms with Crippen molar-refractivity contribution in [2.45, 2.75) is 18.9 Å². The lowest BCUT2D eigenvalue weighted by molar-refractivity contribution is 0.381. The first-order valence-corrected chi connectivity index (χ1v) is 5.25. The summed E-state index contributed by atoms with van der Waals surface area (Å²) in [4.78, 5) is 0.730. The predicted molar refractivity (Wildman–Crippen MR) is 53.6 cm³/mol. The van der Waals surface area contributed by atoms with Crippen molar-refractivity contribution in [3.63, 3.8) is 0 Å². The Balaban J connectivity index is 0.000000292. The van der Waals surface area contributed by atoms with E-state index < -0.39 is 10.4 Å². The molecule has 0 aliphatic carbocycles. The quantitative estimate of drug-likeness (QED) is 0.205. The van der Waals surface area contributed by atoms with Gasteiger partial charge in [-0.2, -0.15) is 8.42 Å². The Kier molecular flexibility index (Phi) is 5.36. The molecule has 1 aliphatic rings. The molecule has 0 bridgehead atoms. The topological polar surface area (TPSA) is 151 Å². The van der Waals surface area contributed by atoms with Crippen LogP contribution in [0.4, 0.5) is 0 Å². The second-order valence-electron chi connectivity index (χ2n) is 2.47. The molecule has 14 heavy (non-hydrogen) atoms. The minimum absolute atomic E-state index is 0.0891. The van der Waals surface area contributed by atoms with Gasteiger partial charge in [0, 0.05) is 6.42 Å². The largest absolute Gasteiger partial charge is 0.394 e. The van der Waals surface area contributed by atoms with Crippen LogP contribution in [-0.2, 0) is 10.4 Å². The Bertz CT molecular complexity index is 272. The summed E-state index contributed by atoms with van der Waals surface area (Å²) in [6, 6.07) is 0. The van der Waals surface area contributed by atoms with E-state index in [9.17, 15) is 0 Å². The molecule has 1 saturated heterocycles. The molecule has 0 aromatic carbocycles. The average molecular weight is 244 g/mol. The van der Waals surface area contributed by atoms with Crippen molar-refractivity contribution in [2.75, 3.05) is 0 Å². The highest BCUT2D eigenvalue weighted by molar-refractivity contribution is 7.80. The maximum atomic E-state index is 8.74. The lowest BCUT2D eigenvalue weighted by Crippen LogP contribution is -2.62. The summed E-state index contributed by atoms with van der Waals surface area (Å²) in [6.45, 7) is 0. The van der Waals surface area contributed by atoms with Crippen LogP contribution in [-0.4, -0.2) is 35.0 Å². The third-order valence-electron chi connectivity index (χ3n) is 1.12. The van der Waals surface area contributed by atoms with Crippen LogP contribution in [0.5, 0.6) is 0 Å². The molecule has 0 aromatic heterocycles. The first kappa shape index (κ1) is 13.6. The molecule has 2 unspecified atom stereocenters. The number of nitrogens with two attached hydrogens (primary N) is 2. The van der Waals surface area contributed by atoms with Gasteiger partial charge in [0.25, 0.3) is 0 Å². The van der Waals surface area contributed by atoms with Crippen molar-refractivity contribution < 1.29 is 17.5 Å². The second-order valence-corrected chi connectivity index (χ2v) is 3.86. The molecule has 0 radical (unpaired) electrons. The van der Waals surface area contributed by atoms with E-state index in [0.29, 0.717) is 6.42 Å². The molecule has 10 heteroatoms. The number of hydrogen-bond acceptors (Lipinski definition) is 6. The molecule has 84 valence electrons.